The number of alkyl halides is 1. The Bertz CT molecular complexity index is 291. The highest BCUT2D eigenvalue weighted by Gasteiger charge is 2.25. The van der Waals surface area contributed by atoms with Crippen molar-refractivity contribution in [2.24, 2.45) is 5.41 Å². The molecule has 15 heavy (non-hydrogen) atoms. The Balaban J connectivity index is 2.54. The molecule has 0 radical (unpaired) electrons. The zero-order chi connectivity index (χ0) is 11.3. The summed E-state index contributed by atoms with van der Waals surface area (Å²) in [5.41, 5.74) is 0.340. The van der Waals surface area contributed by atoms with Gasteiger partial charge < -0.3 is 4.42 Å². The number of thioether (sulfide) groups is 1. The molecule has 1 aromatic rings. The van der Waals surface area contributed by atoms with Crippen LogP contribution in [-0.2, 0) is 0 Å². The molecule has 0 amide bonds. The van der Waals surface area contributed by atoms with Crippen molar-refractivity contribution >= 4 is 27.7 Å². The Morgan fingerprint density at radius 3 is 2.40 bits per heavy atom. The van der Waals surface area contributed by atoms with E-state index in [1.54, 1.807) is 11.8 Å². The highest BCUT2D eigenvalue weighted by Crippen LogP contribution is 2.35. The molecule has 0 fully saturated rings. The second-order valence-corrected chi connectivity index (χ2v) is 5.20. The third-order valence-electron chi connectivity index (χ3n) is 2.79. The summed E-state index contributed by atoms with van der Waals surface area (Å²) in [7, 11) is 0. The first kappa shape index (κ1) is 13.0. The van der Waals surface area contributed by atoms with Crippen LogP contribution in [0.25, 0.3) is 0 Å². The summed E-state index contributed by atoms with van der Waals surface area (Å²) in [4.78, 5) is 0. The van der Waals surface area contributed by atoms with E-state index in [1.807, 2.05) is 6.92 Å². The van der Waals surface area contributed by atoms with E-state index in [0.717, 1.165) is 23.9 Å². The molecule has 5 heteroatoms. The van der Waals surface area contributed by atoms with Crippen LogP contribution in [0.5, 0.6) is 0 Å². The predicted molar refractivity (Wildman–Crippen MR) is 66.6 cm³/mol. The average Bonchev–Trinajstić information content (AvgIpc) is 2.67. The molecule has 0 aliphatic rings. The van der Waals surface area contributed by atoms with E-state index in [-0.39, 0.29) is 0 Å². The fourth-order valence-electron chi connectivity index (χ4n) is 1.23. The first-order valence-electron chi connectivity index (χ1n) is 5.14. The van der Waals surface area contributed by atoms with Crippen LogP contribution in [0.3, 0.4) is 0 Å². The second-order valence-electron chi connectivity index (χ2n) is 3.72. The monoisotopic (exact) mass is 292 g/mol. The van der Waals surface area contributed by atoms with Crippen molar-refractivity contribution in [2.45, 2.75) is 38.8 Å². The highest BCUT2D eigenvalue weighted by molar-refractivity contribution is 9.09. The number of rotatable bonds is 6. The zero-order valence-electron chi connectivity index (χ0n) is 9.42. The maximum atomic E-state index is 5.34. The van der Waals surface area contributed by atoms with Crippen molar-refractivity contribution < 1.29 is 4.42 Å². The number of halogens is 1. The summed E-state index contributed by atoms with van der Waals surface area (Å²) in [6, 6.07) is 0. The molecule has 0 bridgehead atoms. The lowest BCUT2D eigenvalue weighted by atomic mass is 9.87. The molecule has 0 saturated carbocycles. The van der Waals surface area contributed by atoms with Crippen LogP contribution in [0.2, 0.25) is 0 Å². The van der Waals surface area contributed by atoms with Gasteiger partial charge in [-0.1, -0.05) is 41.5 Å². The zero-order valence-corrected chi connectivity index (χ0v) is 11.8. The summed E-state index contributed by atoms with van der Waals surface area (Å²) >= 11 is 5.24. The maximum absolute atomic E-state index is 5.34. The molecule has 1 heterocycles. The lowest BCUT2D eigenvalue weighted by molar-refractivity contribution is 0.356. The van der Waals surface area contributed by atoms with Crippen molar-refractivity contribution in [1.82, 2.24) is 10.2 Å². The Labute approximate surface area is 104 Å². The van der Waals surface area contributed by atoms with Crippen molar-refractivity contribution in [3.05, 3.63) is 5.89 Å². The van der Waals surface area contributed by atoms with E-state index in [2.05, 4.69) is 40.0 Å². The lowest BCUT2D eigenvalue weighted by Crippen LogP contribution is -2.23. The van der Waals surface area contributed by atoms with Crippen molar-refractivity contribution in [3.8, 4) is 0 Å². The Morgan fingerprint density at radius 1 is 1.33 bits per heavy atom. The van der Waals surface area contributed by atoms with Gasteiger partial charge in [0.2, 0.25) is 5.89 Å². The number of hydrogen-bond acceptors (Lipinski definition) is 4. The highest BCUT2D eigenvalue weighted by atomic mass is 79.9. The number of aromatic nitrogens is 2. The Morgan fingerprint density at radius 2 is 2.00 bits per heavy atom. The minimum atomic E-state index is 0.340. The minimum absolute atomic E-state index is 0.340. The van der Waals surface area contributed by atoms with E-state index in [1.165, 1.54) is 0 Å². The van der Waals surface area contributed by atoms with Gasteiger partial charge in [-0.3, -0.25) is 0 Å². The molecule has 1 aromatic heterocycles. The van der Waals surface area contributed by atoms with E-state index in [0.29, 0.717) is 16.5 Å². The topological polar surface area (TPSA) is 38.9 Å². The summed E-state index contributed by atoms with van der Waals surface area (Å²) in [6.07, 6.45) is 2.32. The second kappa shape index (κ2) is 5.89. The van der Waals surface area contributed by atoms with Gasteiger partial charge in [0.25, 0.3) is 5.22 Å². The Kier molecular flexibility index (Phi) is 5.12. The minimum Gasteiger partial charge on any atom is -0.416 e. The van der Waals surface area contributed by atoms with Gasteiger partial charge in [0.1, 0.15) is 0 Å². The lowest BCUT2D eigenvalue weighted by Gasteiger charge is -2.28. The third kappa shape index (κ3) is 3.48. The summed E-state index contributed by atoms with van der Waals surface area (Å²) in [5, 5.41) is 9.50. The molecule has 86 valence electrons. The van der Waals surface area contributed by atoms with Gasteiger partial charge >= 0.3 is 0 Å². The standard InChI is InChI=1S/C10H17BrN2OS/c1-4-10(5-2,6-11)7-15-9-13-12-8(3)14-9/h4-7H2,1-3H3. The molecule has 1 rings (SSSR count). The van der Waals surface area contributed by atoms with Crippen LogP contribution in [-0.4, -0.2) is 21.3 Å². The molecule has 0 unspecified atom stereocenters. The molecule has 0 aromatic carbocycles. The predicted octanol–water partition coefficient (Wildman–Crippen LogP) is 3.67. The SMILES string of the molecule is CCC(CC)(CBr)CSc1nnc(C)o1. The molecule has 0 N–H and O–H groups in total. The van der Waals surface area contributed by atoms with Crippen LogP contribution >= 0.6 is 27.7 Å². The van der Waals surface area contributed by atoms with E-state index in [9.17, 15) is 0 Å². The molecular formula is C10H17BrN2OS. The molecular weight excluding hydrogens is 276 g/mol. The molecule has 0 saturated heterocycles. The molecule has 0 spiro atoms. The number of hydrogen-bond donors (Lipinski definition) is 0. The van der Waals surface area contributed by atoms with Gasteiger partial charge in [0.05, 0.1) is 0 Å². The summed E-state index contributed by atoms with van der Waals surface area (Å²) in [6.45, 7) is 6.27. The van der Waals surface area contributed by atoms with Crippen LogP contribution in [0.15, 0.2) is 9.64 Å². The van der Waals surface area contributed by atoms with Gasteiger partial charge in [0.15, 0.2) is 0 Å². The van der Waals surface area contributed by atoms with E-state index < -0.39 is 0 Å². The number of nitrogens with zero attached hydrogens (tertiary/aromatic N) is 2. The van der Waals surface area contributed by atoms with Crippen LogP contribution in [0.4, 0.5) is 0 Å². The fraction of sp³-hybridized carbons (Fsp3) is 0.800. The largest absolute Gasteiger partial charge is 0.416 e. The molecule has 0 aliphatic heterocycles. The van der Waals surface area contributed by atoms with E-state index >= 15 is 0 Å². The average molecular weight is 293 g/mol. The molecule has 0 atom stereocenters. The van der Waals surface area contributed by atoms with Crippen LogP contribution < -0.4 is 0 Å². The van der Waals surface area contributed by atoms with Crippen molar-refractivity contribution in [1.29, 1.82) is 0 Å². The van der Waals surface area contributed by atoms with Gasteiger partial charge in [-0.2, -0.15) is 0 Å². The molecule has 0 aliphatic carbocycles. The van der Waals surface area contributed by atoms with Crippen LogP contribution in [0.1, 0.15) is 32.6 Å². The van der Waals surface area contributed by atoms with Gasteiger partial charge in [-0.25, -0.2) is 0 Å². The van der Waals surface area contributed by atoms with E-state index in [4.69, 9.17) is 4.42 Å². The first-order valence-corrected chi connectivity index (χ1v) is 7.25. The van der Waals surface area contributed by atoms with Crippen molar-refractivity contribution in [2.75, 3.05) is 11.1 Å². The van der Waals surface area contributed by atoms with Gasteiger partial charge in [-0.05, 0) is 18.3 Å². The quantitative estimate of drug-likeness (QED) is 0.592. The van der Waals surface area contributed by atoms with Crippen LogP contribution in [0, 0.1) is 12.3 Å². The van der Waals surface area contributed by atoms with Crippen molar-refractivity contribution in [3.63, 3.8) is 0 Å². The maximum Gasteiger partial charge on any atom is 0.276 e. The van der Waals surface area contributed by atoms with Gasteiger partial charge in [-0.15, -0.1) is 10.2 Å². The molecule has 3 nitrogen and oxygen atoms in total. The van der Waals surface area contributed by atoms with Gasteiger partial charge in [0, 0.05) is 18.0 Å². The fourth-order valence-corrected chi connectivity index (χ4v) is 3.71. The smallest absolute Gasteiger partial charge is 0.276 e. The number of aryl methyl sites for hydroxylation is 1. The summed E-state index contributed by atoms with van der Waals surface area (Å²) < 4.78 is 5.34. The Hall–Kier alpha value is -0.0300. The summed E-state index contributed by atoms with van der Waals surface area (Å²) in [5.74, 6) is 1.65. The third-order valence-corrected chi connectivity index (χ3v) is 5.15. The normalized spacial score (nSPS) is 12.0. The first-order chi connectivity index (χ1) is 7.15.